The Morgan fingerprint density at radius 2 is 1.95 bits per heavy atom. The van der Waals surface area contributed by atoms with Crippen LogP contribution in [0.4, 0.5) is 0 Å². The van der Waals surface area contributed by atoms with Crippen LogP contribution < -0.4 is 5.32 Å². The van der Waals surface area contributed by atoms with Gasteiger partial charge in [-0.05, 0) is 43.4 Å². The molecule has 118 valence electrons. The molecule has 0 aliphatic carbocycles. The quantitative estimate of drug-likeness (QED) is 0.852. The van der Waals surface area contributed by atoms with Crippen molar-refractivity contribution in [3.05, 3.63) is 53.1 Å². The lowest BCUT2D eigenvalue weighted by Gasteiger charge is -2.15. The molecule has 4 heteroatoms. The molecule has 2 aromatic rings. The standard InChI is InChI=1S/C18H25N3O/c1-5-16(17-19-11-13(4)20-17)21-18(22)15-8-6-14(7-9-15)10-12(2)3/h6-9,11-12,16H,5,10H2,1-4H3,(H,19,20)(H,21,22)/t16-/m0/s1. The third kappa shape index (κ3) is 4.20. The van der Waals surface area contributed by atoms with Gasteiger partial charge in [0.05, 0.1) is 6.04 Å². The molecule has 0 saturated heterocycles. The molecular weight excluding hydrogens is 274 g/mol. The average molecular weight is 299 g/mol. The van der Waals surface area contributed by atoms with Gasteiger partial charge in [0.1, 0.15) is 5.82 Å². The van der Waals surface area contributed by atoms with Crippen LogP contribution >= 0.6 is 0 Å². The van der Waals surface area contributed by atoms with Crippen molar-refractivity contribution in [2.75, 3.05) is 0 Å². The number of benzene rings is 1. The molecule has 1 heterocycles. The number of aryl methyl sites for hydroxylation is 1. The molecule has 1 aromatic heterocycles. The summed E-state index contributed by atoms with van der Waals surface area (Å²) in [6.07, 6.45) is 3.61. The Morgan fingerprint density at radius 1 is 1.27 bits per heavy atom. The zero-order valence-electron chi connectivity index (χ0n) is 13.8. The molecule has 4 nitrogen and oxygen atoms in total. The lowest BCUT2D eigenvalue weighted by Crippen LogP contribution is -2.28. The summed E-state index contributed by atoms with van der Waals surface area (Å²) >= 11 is 0. The molecule has 1 atom stereocenters. The number of H-pyrrole nitrogens is 1. The van der Waals surface area contributed by atoms with Crippen LogP contribution in [0.5, 0.6) is 0 Å². The minimum absolute atomic E-state index is 0.0583. The molecule has 22 heavy (non-hydrogen) atoms. The molecule has 1 amide bonds. The summed E-state index contributed by atoms with van der Waals surface area (Å²) in [5.41, 5.74) is 2.95. The number of rotatable bonds is 6. The topological polar surface area (TPSA) is 57.8 Å². The van der Waals surface area contributed by atoms with Crippen LogP contribution in [0.2, 0.25) is 0 Å². The Kier molecular flexibility index (Phi) is 5.36. The maximum Gasteiger partial charge on any atom is 0.251 e. The Morgan fingerprint density at radius 3 is 2.45 bits per heavy atom. The van der Waals surface area contributed by atoms with Crippen molar-refractivity contribution >= 4 is 5.91 Å². The Hall–Kier alpha value is -2.10. The molecule has 0 aliphatic rings. The van der Waals surface area contributed by atoms with Gasteiger partial charge in [0.15, 0.2) is 0 Å². The van der Waals surface area contributed by atoms with Gasteiger partial charge in [-0.15, -0.1) is 0 Å². The predicted molar refractivity (Wildman–Crippen MR) is 88.8 cm³/mol. The minimum atomic E-state index is -0.0865. The Bertz CT molecular complexity index is 614. The number of amides is 1. The molecular formula is C18H25N3O. The molecule has 0 saturated carbocycles. The van der Waals surface area contributed by atoms with Crippen molar-refractivity contribution < 1.29 is 4.79 Å². The average Bonchev–Trinajstić information content (AvgIpc) is 2.91. The number of aromatic amines is 1. The SMILES string of the molecule is CC[C@H](NC(=O)c1ccc(CC(C)C)cc1)c1ncc(C)[nH]1. The summed E-state index contributed by atoms with van der Waals surface area (Å²) < 4.78 is 0. The zero-order chi connectivity index (χ0) is 16.1. The zero-order valence-corrected chi connectivity index (χ0v) is 13.8. The molecule has 0 spiro atoms. The molecule has 0 fully saturated rings. The minimum Gasteiger partial charge on any atom is -0.344 e. The van der Waals surface area contributed by atoms with E-state index >= 15 is 0 Å². The normalized spacial score (nSPS) is 12.4. The maximum absolute atomic E-state index is 12.4. The number of hydrogen-bond donors (Lipinski definition) is 2. The third-order valence-electron chi connectivity index (χ3n) is 3.63. The molecule has 2 N–H and O–H groups in total. The third-order valence-corrected chi connectivity index (χ3v) is 3.63. The van der Waals surface area contributed by atoms with Crippen LogP contribution in [-0.2, 0) is 6.42 Å². The van der Waals surface area contributed by atoms with Crippen molar-refractivity contribution in [3.8, 4) is 0 Å². The first kappa shape index (κ1) is 16.3. The van der Waals surface area contributed by atoms with Gasteiger partial charge >= 0.3 is 0 Å². The molecule has 2 rings (SSSR count). The van der Waals surface area contributed by atoms with Crippen LogP contribution in [0.25, 0.3) is 0 Å². The number of imidazole rings is 1. The van der Waals surface area contributed by atoms with E-state index in [9.17, 15) is 4.79 Å². The first-order chi connectivity index (χ1) is 10.5. The van der Waals surface area contributed by atoms with Crippen LogP contribution in [0.15, 0.2) is 30.5 Å². The highest BCUT2D eigenvalue weighted by Gasteiger charge is 2.16. The Balaban J connectivity index is 2.04. The smallest absolute Gasteiger partial charge is 0.251 e. The molecule has 1 aromatic carbocycles. The van der Waals surface area contributed by atoms with E-state index in [1.807, 2.05) is 38.1 Å². The number of nitrogens with zero attached hydrogens (tertiary/aromatic N) is 1. The summed E-state index contributed by atoms with van der Waals surface area (Å²) in [4.78, 5) is 19.9. The van der Waals surface area contributed by atoms with Crippen molar-refractivity contribution in [2.24, 2.45) is 5.92 Å². The van der Waals surface area contributed by atoms with Gasteiger partial charge in [-0.2, -0.15) is 0 Å². The van der Waals surface area contributed by atoms with Gasteiger partial charge in [-0.1, -0.05) is 32.9 Å². The number of carbonyl (C=O) groups is 1. The highest BCUT2D eigenvalue weighted by atomic mass is 16.1. The lowest BCUT2D eigenvalue weighted by molar-refractivity contribution is 0.0934. The maximum atomic E-state index is 12.4. The lowest BCUT2D eigenvalue weighted by atomic mass is 10.0. The van der Waals surface area contributed by atoms with E-state index in [1.54, 1.807) is 6.20 Å². The van der Waals surface area contributed by atoms with Crippen LogP contribution in [0.1, 0.15) is 60.7 Å². The van der Waals surface area contributed by atoms with Gasteiger partial charge < -0.3 is 10.3 Å². The number of carbonyl (C=O) groups excluding carboxylic acids is 1. The number of nitrogens with one attached hydrogen (secondary N) is 2. The van der Waals surface area contributed by atoms with Crippen molar-refractivity contribution in [3.63, 3.8) is 0 Å². The molecule has 0 bridgehead atoms. The fraction of sp³-hybridized carbons (Fsp3) is 0.444. The van der Waals surface area contributed by atoms with Gasteiger partial charge in [0, 0.05) is 17.5 Å². The summed E-state index contributed by atoms with van der Waals surface area (Å²) in [5.74, 6) is 1.37. The fourth-order valence-corrected chi connectivity index (χ4v) is 2.48. The van der Waals surface area contributed by atoms with Gasteiger partial charge in [-0.3, -0.25) is 4.79 Å². The number of hydrogen-bond acceptors (Lipinski definition) is 2. The van der Waals surface area contributed by atoms with Crippen molar-refractivity contribution in [1.82, 2.24) is 15.3 Å². The van der Waals surface area contributed by atoms with Gasteiger partial charge in [0.25, 0.3) is 5.91 Å². The second-order valence-electron chi connectivity index (χ2n) is 6.18. The monoisotopic (exact) mass is 299 g/mol. The van der Waals surface area contributed by atoms with E-state index in [2.05, 4.69) is 29.1 Å². The van der Waals surface area contributed by atoms with E-state index in [4.69, 9.17) is 0 Å². The Labute approximate surface area is 132 Å². The molecule has 0 radical (unpaired) electrons. The fourth-order valence-electron chi connectivity index (χ4n) is 2.48. The summed E-state index contributed by atoms with van der Waals surface area (Å²) in [6, 6.07) is 7.77. The van der Waals surface area contributed by atoms with Crippen molar-refractivity contribution in [2.45, 2.75) is 46.6 Å². The van der Waals surface area contributed by atoms with E-state index < -0.39 is 0 Å². The molecule has 0 unspecified atom stereocenters. The largest absolute Gasteiger partial charge is 0.344 e. The van der Waals surface area contributed by atoms with Gasteiger partial charge in [0.2, 0.25) is 0 Å². The highest BCUT2D eigenvalue weighted by molar-refractivity contribution is 5.94. The van der Waals surface area contributed by atoms with Crippen LogP contribution in [-0.4, -0.2) is 15.9 Å². The second-order valence-corrected chi connectivity index (χ2v) is 6.18. The molecule has 0 aliphatic heterocycles. The van der Waals surface area contributed by atoms with Crippen LogP contribution in [0, 0.1) is 12.8 Å². The predicted octanol–water partition coefficient (Wildman–Crippen LogP) is 3.80. The first-order valence-corrected chi connectivity index (χ1v) is 7.91. The highest BCUT2D eigenvalue weighted by Crippen LogP contribution is 2.15. The van der Waals surface area contributed by atoms with Crippen molar-refractivity contribution in [1.29, 1.82) is 0 Å². The number of aromatic nitrogens is 2. The van der Waals surface area contributed by atoms with Crippen LogP contribution in [0.3, 0.4) is 0 Å². The van der Waals surface area contributed by atoms with E-state index in [0.717, 1.165) is 24.4 Å². The summed E-state index contributed by atoms with van der Waals surface area (Å²) in [7, 11) is 0. The van der Waals surface area contributed by atoms with Gasteiger partial charge in [-0.25, -0.2) is 4.98 Å². The summed E-state index contributed by atoms with van der Waals surface area (Å²) in [6.45, 7) is 8.38. The van der Waals surface area contributed by atoms with E-state index in [1.165, 1.54) is 5.56 Å². The second kappa shape index (κ2) is 7.25. The summed E-state index contributed by atoms with van der Waals surface area (Å²) in [5, 5.41) is 3.04. The first-order valence-electron chi connectivity index (χ1n) is 7.91. The van der Waals surface area contributed by atoms with E-state index in [-0.39, 0.29) is 11.9 Å². The van der Waals surface area contributed by atoms with E-state index in [0.29, 0.717) is 11.5 Å².